The highest BCUT2D eigenvalue weighted by Gasteiger charge is 2.21. The average molecular weight is 468 g/mol. The fraction of sp³-hybridized carbons (Fsp3) is 0.240. The molecule has 0 saturated carbocycles. The predicted octanol–water partition coefficient (Wildman–Crippen LogP) is 3.36. The van der Waals surface area contributed by atoms with E-state index in [-0.39, 0.29) is 22.9 Å². The minimum Gasteiger partial charge on any atom is -0.336 e. The normalized spacial score (nSPS) is 14.9. The molecule has 0 aromatic heterocycles. The largest absolute Gasteiger partial charge is 0.336 e. The summed E-state index contributed by atoms with van der Waals surface area (Å²) in [6.45, 7) is 2.55. The number of hydrogen-bond acceptors (Lipinski definition) is 4. The van der Waals surface area contributed by atoms with Crippen molar-refractivity contribution in [2.45, 2.75) is 11.4 Å². The Morgan fingerprint density at radius 2 is 1.55 bits per heavy atom. The minimum atomic E-state index is -3.80. The van der Waals surface area contributed by atoms with E-state index in [2.05, 4.69) is 9.62 Å². The summed E-state index contributed by atoms with van der Waals surface area (Å²) < 4.78 is 42.2. The number of piperazine rings is 1. The molecule has 1 aliphatic rings. The average Bonchev–Trinajstić information content (AvgIpc) is 2.83. The number of carbonyl (C=O) groups excluding carboxylic acids is 1. The molecule has 0 spiro atoms. The number of carbonyl (C=O) groups is 1. The second kappa shape index (κ2) is 9.82. The number of hydrogen-bond donors (Lipinski definition) is 1. The highest BCUT2D eigenvalue weighted by molar-refractivity contribution is 7.89. The highest BCUT2D eigenvalue weighted by Crippen LogP contribution is 2.21. The molecule has 0 atom stereocenters. The zero-order chi connectivity index (χ0) is 23.4. The van der Waals surface area contributed by atoms with E-state index >= 15 is 0 Å². The molecule has 1 saturated heterocycles. The number of nitrogens with one attached hydrogen (secondary N) is 1. The third-order valence-corrected chi connectivity index (χ3v) is 7.15. The predicted molar refractivity (Wildman–Crippen MR) is 126 cm³/mol. The van der Waals surface area contributed by atoms with Crippen LogP contribution in [0.3, 0.4) is 0 Å². The number of amides is 1. The molecule has 1 aliphatic heterocycles. The molecule has 0 radical (unpaired) electrons. The van der Waals surface area contributed by atoms with Gasteiger partial charge in [-0.15, -0.1) is 0 Å². The van der Waals surface area contributed by atoms with Crippen molar-refractivity contribution >= 4 is 15.9 Å². The third kappa shape index (κ3) is 5.65. The van der Waals surface area contributed by atoms with E-state index in [0.29, 0.717) is 18.7 Å². The molecule has 0 aliphatic carbocycles. The summed E-state index contributed by atoms with van der Waals surface area (Å²) in [7, 11) is -1.81. The number of nitrogens with zero attached hydrogens (tertiary/aromatic N) is 2. The lowest BCUT2D eigenvalue weighted by atomic mass is 10.1. The van der Waals surface area contributed by atoms with Crippen LogP contribution in [0, 0.1) is 5.82 Å². The molecule has 8 heteroatoms. The van der Waals surface area contributed by atoms with Crippen molar-refractivity contribution in [1.82, 2.24) is 14.5 Å². The maximum absolute atomic E-state index is 14.2. The van der Waals surface area contributed by atoms with Gasteiger partial charge in [0.15, 0.2) is 0 Å². The Hall–Kier alpha value is -3.07. The molecule has 4 rings (SSSR count). The zero-order valence-corrected chi connectivity index (χ0v) is 19.2. The molecule has 0 bridgehead atoms. The maximum atomic E-state index is 14.2. The monoisotopic (exact) mass is 467 g/mol. The molecule has 1 N–H and O–H groups in total. The van der Waals surface area contributed by atoms with Crippen LogP contribution in [0.2, 0.25) is 0 Å². The van der Waals surface area contributed by atoms with Gasteiger partial charge in [0.05, 0.1) is 4.90 Å². The summed E-state index contributed by atoms with van der Waals surface area (Å²) in [6, 6.07) is 20.2. The first kappa shape index (κ1) is 23.1. The molecule has 172 valence electrons. The summed E-state index contributed by atoms with van der Waals surface area (Å²) in [4.78, 5) is 16.7. The van der Waals surface area contributed by atoms with Gasteiger partial charge in [-0.25, -0.2) is 17.5 Å². The molecule has 33 heavy (non-hydrogen) atoms. The first-order valence-electron chi connectivity index (χ1n) is 10.7. The Bertz CT molecular complexity index is 1220. The van der Waals surface area contributed by atoms with Crippen LogP contribution in [0.15, 0.2) is 77.7 Å². The Morgan fingerprint density at radius 1 is 0.909 bits per heavy atom. The van der Waals surface area contributed by atoms with E-state index in [0.717, 1.165) is 24.2 Å². The second-order valence-corrected chi connectivity index (χ2v) is 9.93. The van der Waals surface area contributed by atoms with Crippen LogP contribution in [-0.2, 0) is 16.6 Å². The van der Waals surface area contributed by atoms with Gasteiger partial charge in [-0.2, -0.15) is 0 Å². The van der Waals surface area contributed by atoms with Gasteiger partial charge in [0, 0.05) is 38.3 Å². The van der Waals surface area contributed by atoms with Crippen LogP contribution >= 0.6 is 0 Å². The van der Waals surface area contributed by atoms with E-state index in [1.165, 1.54) is 12.1 Å². The van der Waals surface area contributed by atoms with E-state index < -0.39 is 15.8 Å². The zero-order valence-electron chi connectivity index (χ0n) is 18.4. The van der Waals surface area contributed by atoms with Crippen molar-refractivity contribution in [3.8, 4) is 11.1 Å². The minimum absolute atomic E-state index is 0.118. The number of likely N-dealkylation sites (N-methyl/N-ethyl adjacent to an activating group) is 1. The van der Waals surface area contributed by atoms with Crippen molar-refractivity contribution in [2.24, 2.45) is 0 Å². The molecule has 1 amide bonds. The van der Waals surface area contributed by atoms with Crippen molar-refractivity contribution in [3.05, 3.63) is 89.7 Å². The van der Waals surface area contributed by atoms with Crippen molar-refractivity contribution < 1.29 is 17.6 Å². The standard InChI is InChI=1S/C25H26FN3O3S/c1-28-11-13-29(14-12-28)25(30)22-15-19(16-23(26)17-22)18-27-33(31,32)24-9-7-21(8-10-24)20-5-3-2-4-6-20/h2-10,15-17,27H,11-14,18H2,1H3. The molecule has 1 heterocycles. The summed E-state index contributed by atoms with van der Waals surface area (Å²) in [5, 5.41) is 0. The third-order valence-electron chi connectivity index (χ3n) is 5.73. The van der Waals surface area contributed by atoms with Crippen molar-refractivity contribution in [2.75, 3.05) is 33.2 Å². The van der Waals surface area contributed by atoms with Gasteiger partial charge in [-0.1, -0.05) is 42.5 Å². The Balaban J connectivity index is 1.45. The van der Waals surface area contributed by atoms with E-state index in [1.54, 1.807) is 35.2 Å². The fourth-order valence-electron chi connectivity index (χ4n) is 3.79. The lowest BCUT2D eigenvalue weighted by Crippen LogP contribution is -2.47. The van der Waals surface area contributed by atoms with E-state index in [4.69, 9.17) is 0 Å². The SMILES string of the molecule is CN1CCN(C(=O)c2cc(F)cc(CNS(=O)(=O)c3ccc(-c4ccccc4)cc3)c2)CC1. The summed E-state index contributed by atoms with van der Waals surface area (Å²) in [6.07, 6.45) is 0. The molecule has 1 fully saturated rings. The lowest BCUT2D eigenvalue weighted by molar-refractivity contribution is 0.0663. The lowest BCUT2D eigenvalue weighted by Gasteiger charge is -2.32. The molecule has 6 nitrogen and oxygen atoms in total. The van der Waals surface area contributed by atoms with Crippen LogP contribution in [-0.4, -0.2) is 57.4 Å². The molecule has 3 aromatic carbocycles. The molecular weight excluding hydrogens is 441 g/mol. The first-order valence-corrected chi connectivity index (χ1v) is 12.2. The Labute approximate surface area is 193 Å². The number of rotatable bonds is 6. The van der Waals surface area contributed by atoms with Gasteiger partial charge in [0.25, 0.3) is 5.91 Å². The highest BCUT2D eigenvalue weighted by atomic mass is 32.2. The summed E-state index contributed by atoms with van der Waals surface area (Å²) >= 11 is 0. The quantitative estimate of drug-likeness (QED) is 0.604. The van der Waals surface area contributed by atoms with Crippen molar-refractivity contribution in [3.63, 3.8) is 0 Å². The maximum Gasteiger partial charge on any atom is 0.254 e. The van der Waals surface area contributed by atoms with E-state index in [9.17, 15) is 17.6 Å². The first-order chi connectivity index (χ1) is 15.8. The van der Waals surface area contributed by atoms with Crippen LogP contribution in [0.25, 0.3) is 11.1 Å². The topological polar surface area (TPSA) is 69.7 Å². The Morgan fingerprint density at radius 3 is 2.21 bits per heavy atom. The number of halogens is 1. The van der Waals surface area contributed by atoms with Crippen LogP contribution < -0.4 is 4.72 Å². The number of sulfonamides is 1. The van der Waals surface area contributed by atoms with Gasteiger partial charge in [-0.05, 0) is 54.1 Å². The molecular formula is C25H26FN3O3S. The van der Waals surface area contributed by atoms with Crippen LogP contribution in [0.1, 0.15) is 15.9 Å². The van der Waals surface area contributed by atoms with Gasteiger partial charge in [0.2, 0.25) is 10.0 Å². The molecule has 0 unspecified atom stereocenters. The Kier molecular flexibility index (Phi) is 6.88. The van der Waals surface area contributed by atoms with Gasteiger partial charge >= 0.3 is 0 Å². The molecule has 3 aromatic rings. The van der Waals surface area contributed by atoms with Crippen LogP contribution in [0.5, 0.6) is 0 Å². The summed E-state index contributed by atoms with van der Waals surface area (Å²) in [5.74, 6) is -0.820. The summed E-state index contributed by atoms with van der Waals surface area (Å²) in [5.41, 5.74) is 2.51. The van der Waals surface area contributed by atoms with Gasteiger partial charge in [0.1, 0.15) is 5.82 Å². The van der Waals surface area contributed by atoms with Crippen molar-refractivity contribution in [1.29, 1.82) is 0 Å². The number of benzene rings is 3. The smallest absolute Gasteiger partial charge is 0.254 e. The van der Waals surface area contributed by atoms with Gasteiger partial charge < -0.3 is 9.80 Å². The van der Waals surface area contributed by atoms with Crippen LogP contribution in [0.4, 0.5) is 4.39 Å². The van der Waals surface area contributed by atoms with E-state index in [1.807, 2.05) is 37.4 Å². The van der Waals surface area contributed by atoms with Gasteiger partial charge in [-0.3, -0.25) is 4.79 Å². The second-order valence-electron chi connectivity index (χ2n) is 8.16. The fourth-order valence-corrected chi connectivity index (χ4v) is 4.80.